The molecular formula is C14H17N3O3. The number of rotatable bonds is 4. The van der Waals surface area contributed by atoms with Crippen molar-refractivity contribution < 1.29 is 14.3 Å². The summed E-state index contributed by atoms with van der Waals surface area (Å²) < 4.78 is 12.0. The third kappa shape index (κ3) is 2.69. The summed E-state index contributed by atoms with van der Waals surface area (Å²) in [5, 5.41) is 2.79. The third-order valence-electron chi connectivity index (χ3n) is 2.90. The average Bonchev–Trinajstić information content (AvgIpc) is 2.77. The van der Waals surface area contributed by atoms with Crippen LogP contribution in [0.4, 0.5) is 11.4 Å². The minimum Gasteiger partial charge on any atom is -0.493 e. The Kier molecular flexibility index (Phi) is 3.84. The van der Waals surface area contributed by atoms with Crippen molar-refractivity contribution in [2.24, 2.45) is 7.05 Å². The minimum atomic E-state index is -0.239. The maximum atomic E-state index is 12.1. The van der Waals surface area contributed by atoms with E-state index in [1.807, 2.05) is 0 Å². The highest BCUT2D eigenvalue weighted by Crippen LogP contribution is 2.29. The Labute approximate surface area is 117 Å². The summed E-state index contributed by atoms with van der Waals surface area (Å²) in [6.45, 7) is 0. The molecular weight excluding hydrogens is 258 g/mol. The largest absolute Gasteiger partial charge is 0.493 e. The second-order valence-corrected chi connectivity index (χ2v) is 4.29. The molecule has 1 heterocycles. The zero-order valence-corrected chi connectivity index (χ0v) is 11.6. The minimum absolute atomic E-state index is 0.239. The van der Waals surface area contributed by atoms with Gasteiger partial charge < -0.3 is 25.1 Å². The van der Waals surface area contributed by atoms with Crippen LogP contribution in [0.5, 0.6) is 11.5 Å². The molecule has 1 aromatic heterocycles. The van der Waals surface area contributed by atoms with Gasteiger partial charge in [0.05, 0.1) is 19.9 Å². The van der Waals surface area contributed by atoms with Gasteiger partial charge in [0.1, 0.15) is 5.69 Å². The molecule has 2 aromatic rings. The fraction of sp³-hybridized carbons (Fsp3) is 0.214. The molecule has 0 aliphatic carbocycles. The maximum Gasteiger partial charge on any atom is 0.272 e. The molecule has 1 amide bonds. The molecule has 0 radical (unpaired) electrons. The van der Waals surface area contributed by atoms with Gasteiger partial charge in [-0.05, 0) is 18.2 Å². The number of hydrogen-bond acceptors (Lipinski definition) is 4. The number of carbonyl (C=O) groups excluding carboxylic acids is 1. The van der Waals surface area contributed by atoms with Gasteiger partial charge in [0.25, 0.3) is 5.91 Å². The predicted octanol–water partition coefficient (Wildman–Crippen LogP) is 1.88. The molecule has 6 nitrogen and oxygen atoms in total. The Hall–Kier alpha value is -2.63. The van der Waals surface area contributed by atoms with Crippen LogP contribution < -0.4 is 20.5 Å². The van der Waals surface area contributed by atoms with Crippen LogP contribution in [0.15, 0.2) is 30.5 Å². The van der Waals surface area contributed by atoms with Gasteiger partial charge in [-0.15, -0.1) is 0 Å². The lowest BCUT2D eigenvalue weighted by atomic mass is 10.2. The number of nitrogens with zero attached hydrogens (tertiary/aromatic N) is 1. The SMILES string of the molecule is COc1ccc(NC(=O)c2cc(N)cn2C)cc1OC. The van der Waals surface area contributed by atoms with E-state index in [9.17, 15) is 4.79 Å². The van der Waals surface area contributed by atoms with E-state index < -0.39 is 0 Å². The second-order valence-electron chi connectivity index (χ2n) is 4.29. The molecule has 0 atom stereocenters. The standard InChI is InChI=1S/C14H17N3O3/c1-17-8-9(15)6-11(17)14(18)16-10-4-5-12(19-2)13(7-10)20-3/h4-8H,15H2,1-3H3,(H,16,18). The molecule has 3 N–H and O–H groups in total. The van der Waals surface area contributed by atoms with Crippen molar-refractivity contribution >= 4 is 17.3 Å². The molecule has 0 aliphatic rings. The smallest absolute Gasteiger partial charge is 0.272 e. The first kappa shape index (κ1) is 13.8. The van der Waals surface area contributed by atoms with Gasteiger partial charge >= 0.3 is 0 Å². The summed E-state index contributed by atoms with van der Waals surface area (Å²) in [5.41, 5.74) is 7.30. The van der Waals surface area contributed by atoms with E-state index in [1.54, 1.807) is 56.3 Å². The van der Waals surface area contributed by atoms with Crippen molar-refractivity contribution in [1.29, 1.82) is 0 Å². The number of nitrogens with one attached hydrogen (secondary N) is 1. The van der Waals surface area contributed by atoms with E-state index in [1.165, 1.54) is 0 Å². The van der Waals surface area contributed by atoms with Crippen molar-refractivity contribution in [3.63, 3.8) is 0 Å². The van der Waals surface area contributed by atoms with E-state index in [4.69, 9.17) is 15.2 Å². The summed E-state index contributed by atoms with van der Waals surface area (Å²) in [5.74, 6) is 0.918. The number of aryl methyl sites for hydroxylation is 1. The molecule has 0 saturated heterocycles. The highest BCUT2D eigenvalue weighted by molar-refractivity contribution is 6.04. The van der Waals surface area contributed by atoms with Crippen molar-refractivity contribution in [3.05, 3.63) is 36.2 Å². The van der Waals surface area contributed by atoms with E-state index in [0.717, 1.165) is 0 Å². The lowest BCUT2D eigenvalue weighted by Crippen LogP contribution is -2.15. The Morgan fingerprint density at radius 2 is 1.90 bits per heavy atom. The topological polar surface area (TPSA) is 78.5 Å². The van der Waals surface area contributed by atoms with Gasteiger partial charge in [0, 0.05) is 25.0 Å². The first-order valence-electron chi connectivity index (χ1n) is 6.00. The van der Waals surface area contributed by atoms with Crippen molar-refractivity contribution in [2.75, 3.05) is 25.3 Å². The fourth-order valence-corrected chi connectivity index (χ4v) is 1.92. The summed E-state index contributed by atoms with van der Waals surface area (Å²) >= 11 is 0. The number of benzene rings is 1. The van der Waals surface area contributed by atoms with Crippen LogP contribution in [0, 0.1) is 0 Å². The summed E-state index contributed by atoms with van der Waals surface area (Å²) in [6.07, 6.45) is 1.68. The van der Waals surface area contributed by atoms with Crippen LogP contribution in [0.3, 0.4) is 0 Å². The third-order valence-corrected chi connectivity index (χ3v) is 2.90. The van der Waals surface area contributed by atoms with Gasteiger partial charge in [-0.3, -0.25) is 4.79 Å². The lowest BCUT2D eigenvalue weighted by Gasteiger charge is -2.10. The number of anilines is 2. The zero-order chi connectivity index (χ0) is 14.7. The maximum absolute atomic E-state index is 12.1. The molecule has 0 unspecified atom stereocenters. The molecule has 1 aromatic carbocycles. The van der Waals surface area contributed by atoms with Gasteiger partial charge in [0.15, 0.2) is 11.5 Å². The van der Waals surface area contributed by atoms with Crippen LogP contribution in [-0.2, 0) is 7.05 Å². The Morgan fingerprint density at radius 3 is 2.45 bits per heavy atom. The molecule has 20 heavy (non-hydrogen) atoms. The number of methoxy groups -OCH3 is 2. The second kappa shape index (κ2) is 5.56. The van der Waals surface area contributed by atoms with E-state index in [0.29, 0.717) is 28.6 Å². The van der Waals surface area contributed by atoms with Crippen molar-refractivity contribution in [2.45, 2.75) is 0 Å². The van der Waals surface area contributed by atoms with Crippen LogP contribution in [0.2, 0.25) is 0 Å². The summed E-state index contributed by atoms with van der Waals surface area (Å²) in [4.78, 5) is 12.1. The Bertz CT molecular complexity index is 635. The van der Waals surface area contributed by atoms with Crippen LogP contribution >= 0.6 is 0 Å². The lowest BCUT2D eigenvalue weighted by molar-refractivity contribution is 0.101. The summed E-state index contributed by atoms with van der Waals surface area (Å²) in [6, 6.07) is 6.79. The fourth-order valence-electron chi connectivity index (χ4n) is 1.92. The number of ether oxygens (including phenoxy) is 2. The number of nitrogens with two attached hydrogens (primary N) is 1. The van der Waals surface area contributed by atoms with Crippen molar-refractivity contribution in [3.8, 4) is 11.5 Å². The molecule has 0 fully saturated rings. The van der Waals surface area contributed by atoms with Crippen molar-refractivity contribution in [1.82, 2.24) is 4.57 Å². The molecule has 0 aliphatic heterocycles. The average molecular weight is 275 g/mol. The molecule has 2 rings (SSSR count). The predicted molar refractivity (Wildman–Crippen MR) is 77.3 cm³/mol. The molecule has 6 heteroatoms. The number of carbonyl (C=O) groups is 1. The number of nitrogen functional groups attached to an aromatic ring is 1. The highest BCUT2D eigenvalue weighted by Gasteiger charge is 2.12. The number of hydrogen-bond donors (Lipinski definition) is 2. The van der Waals surface area contributed by atoms with E-state index in [2.05, 4.69) is 5.32 Å². The van der Waals surface area contributed by atoms with Crippen LogP contribution in [-0.4, -0.2) is 24.7 Å². The molecule has 106 valence electrons. The molecule has 0 saturated carbocycles. The monoisotopic (exact) mass is 275 g/mol. The molecule has 0 spiro atoms. The van der Waals surface area contributed by atoms with Gasteiger partial charge in [-0.25, -0.2) is 0 Å². The van der Waals surface area contributed by atoms with Gasteiger partial charge in [-0.1, -0.05) is 0 Å². The van der Waals surface area contributed by atoms with Crippen LogP contribution in [0.25, 0.3) is 0 Å². The zero-order valence-electron chi connectivity index (χ0n) is 11.6. The molecule has 0 bridgehead atoms. The Morgan fingerprint density at radius 1 is 1.20 bits per heavy atom. The normalized spacial score (nSPS) is 10.2. The van der Waals surface area contributed by atoms with Gasteiger partial charge in [0.2, 0.25) is 0 Å². The van der Waals surface area contributed by atoms with E-state index in [-0.39, 0.29) is 5.91 Å². The van der Waals surface area contributed by atoms with Crippen LogP contribution in [0.1, 0.15) is 10.5 Å². The summed E-state index contributed by atoms with van der Waals surface area (Å²) in [7, 11) is 4.87. The number of aromatic nitrogens is 1. The first-order valence-corrected chi connectivity index (χ1v) is 6.00. The quantitative estimate of drug-likeness (QED) is 0.893. The van der Waals surface area contributed by atoms with Gasteiger partial charge in [-0.2, -0.15) is 0 Å². The number of amides is 1. The Balaban J connectivity index is 2.22. The van der Waals surface area contributed by atoms with E-state index >= 15 is 0 Å². The highest BCUT2D eigenvalue weighted by atomic mass is 16.5. The first-order chi connectivity index (χ1) is 9.55.